The predicted octanol–water partition coefficient (Wildman–Crippen LogP) is -1.18. The van der Waals surface area contributed by atoms with Crippen LogP contribution in [0, 0.1) is 0 Å². The van der Waals surface area contributed by atoms with Gasteiger partial charge in [-0.3, -0.25) is 0 Å². The van der Waals surface area contributed by atoms with Crippen molar-refractivity contribution < 1.29 is 13.5 Å². The summed E-state index contributed by atoms with van der Waals surface area (Å²) in [6.45, 7) is 0. The summed E-state index contributed by atoms with van der Waals surface area (Å²) in [7, 11) is -3.18. The smallest absolute Gasteiger partial charge is 0.167 e. The number of sulfone groups is 1. The van der Waals surface area contributed by atoms with Crippen LogP contribution in [0.2, 0.25) is 0 Å². The Kier molecular flexibility index (Phi) is 2.06. The van der Waals surface area contributed by atoms with E-state index < -0.39 is 26.1 Å². The molecule has 1 rings (SSSR count). The quantitative estimate of drug-likeness (QED) is 0.513. The molecular formula is C4H8BrNO3S. The number of hydrogen-bond donors (Lipinski definition) is 2. The number of nitrogens with two attached hydrogens (primary N) is 1. The van der Waals surface area contributed by atoms with Crippen molar-refractivity contribution in [2.24, 2.45) is 5.73 Å². The molecule has 1 saturated heterocycles. The third kappa shape index (κ3) is 1.20. The highest BCUT2D eigenvalue weighted by Crippen LogP contribution is 2.24. The van der Waals surface area contributed by atoms with E-state index in [4.69, 9.17) is 10.8 Å². The van der Waals surface area contributed by atoms with E-state index in [-0.39, 0.29) is 5.75 Å². The second-order valence-corrected chi connectivity index (χ2v) is 6.09. The van der Waals surface area contributed by atoms with Gasteiger partial charge in [0.15, 0.2) is 9.84 Å². The van der Waals surface area contributed by atoms with E-state index in [2.05, 4.69) is 15.9 Å². The molecule has 1 fully saturated rings. The van der Waals surface area contributed by atoms with Crippen LogP contribution in [0.1, 0.15) is 0 Å². The van der Waals surface area contributed by atoms with Gasteiger partial charge in [0, 0.05) is 6.04 Å². The minimum atomic E-state index is -3.18. The van der Waals surface area contributed by atoms with Gasteiger partial charge in [-0.05, 0) is 0 Å². The first-order valence-electron chi connectivity index (χ1n) is 2.74. The van der Waals surface area contributed by atoms with Crippen molar-refractivity contribution in [2.45, 2.75) is 16.3 Å². The number of hydrogen-bond acceptors (Lipinski definition) is 4. The molecule has 10 heavy (non-hydrogen) atoms. The maximum Gasteiger partial charge on any atom is 0.167 e. The van der Waals surface area contributed by atoms with Gasteiger partial charge in [-0.25, -0.2) is 8.42 Å². The standard InChI is InChI=1S/C4H8BrNO3S/c5-4-3(7)2(6)1-10(4,8)9/h2-4,7H,1,6H2/t2-,3+,4+/m0/s1. The van der Waals surface area contributed by atoms with Crippen LogP contribution in [0.25, 0.3) is 0 Å². The van der Waals surface area contributed by atoms with E-state index in [1.54, 1.807) is 0 Å². The Hall–Kier alpha value is 0.350. The zero-order valence-electron chi connectivity index (χ0n) is 5.07. The van der Waals surface area contributed by atoms with Gasteiger partial charge < -0.3 is 10.8 Å². The van der Waals surface area contributed by atoms with E-state index in [0.29, 0.717) is 0 Å². The Morgan fingerprint density at radius 1 is 1.60 bits per heavy atom. The molecule has 0 unspecified atom stereocenters. The number of aliphatic hydroxyl groups excluding tert-OH is 1. The molecule has 0 bridgehead atoms. The van der Waals surface area contributed by atoms with Gasteiger partial charge in [0.2, 0.25) is 0 Å². The molecule has 0 aromatic carbocycles. The Morgan fingerprint density at radius 3 is 2.20 bits per heavy atom. The summed E-state index contributed by atoms with van der Waals surface area (Å²) < 4.78 is 20.9. The van der Waals surface area contributed by atoms with Crippen LogP contribution in [-0.2, 0) is 9.84 Å². The van der Waals surface area contributed by atoms with Crippen LogP contribution in [0.3, 0.4) is 0 Å². The van der Waals surface area contributed by atoms with Crippen molar-refractivity contribution in [3.8, 4) is 0 Å². The number of rotatable bonds is 0. The first-order valence-corrected chi connectivity index (χ1v) is 5.37. The fourth-order valence-corrected chi connectivity index (χ4v) is 3.26. The summed E-state index contributed by atoms with van der Waals surface area (Å²) in [5, 5.41) is 9.05. The lowest BCUT2D eigenvalue weighted by Crippen LogP contribution is -2.34. The van der Waals surface area contributed by atoms with E-state index in [1.807, 2.05) is 0 Å². The number of alkyl halides is 1. The molecule has 0 spiro atoms. The third-order valence-corrected chi connectivity index (χ3v) is 5.54. The zero-order chi connectivity index (χ0) is 7.94. The van der Waals surface area contributed by atoms with Crippen molar-refractivity contribution >= 4 is 25.8 Å². The average molecular weight is 230 g/mol. The molecule has 4 nitrogen and oxygen atoms in total. The first-order chi connectivity index (χ1) is 4.45. The first kappa shape index (κ1) is 8.45. The summed E-state index contributed by atoms with van der Waals surface area (Å²) in [4.78, 5) is 0. The fourth-order valence-electron chi connectivity index (χ4n) is 0.866. The summed E-state index contributed by atoms with van der Waals surface area (Å²) in [5.41, 5.74) is 5.29. The molecule has 0 radical (unpaired) electrons. The van der Waals surface area contributed by atoms with Crippen molar-refractivity contribution in [2.75, 3.05) is 5.75 Å². The molecule has 3 atom stereocenters. The van der Waals surface area contributed by atoms with Gasteiger partial charge >= 0.3 is 0 Å². The van der Waals surface area contributed by atoms with Crippen molar-refractivity contribution in [1.29, 1.82) is 0 Å². The molecule has 0 aliphatic carbocycles. The topological polar surface area (TPSA) is 80.4 Å². The largest absolute Gasteiger partial charge is 0.389 e. The molecule has 1 heterocycles. The maximum absolute atomic E-state index is 10.9. The Morgan fingerprint density at radius 2 is 2.10 bits per heavy atom. The van der Waals surface area contributed by atoms with Gasteiger partial charge in [0.1, 0.15) is 4.16 Å². The monoisotopic (exact) mass is 229 g/mol. The predicted molar refractivity (Wildman–Crippen MR) is 40.5 cm³/mol. The molecule has 1 aliphatic heterocycles. The second-order valence-electron chi connectivity index (χ2n) is 2.34. The third-order valence-electron chi connectivity index (χ3n) is 1.48. The van der Waals surface area contributed by atoms with Gasteiger partial charge in [-0.1, -0.05) is 15.9 Å². The molecule has 0 aromatic rings. The van der Waals surface area contributed by atoms with Gasteiger partial charge in [-0.15, -0.1) is 0 Å². The molecule has 1 aliphatic rings. The van der Waals surface area contributed by atoms with Crippen molar-refractivity contribution in [1.82, 2.24) is 0 Å². The molecule has 0 aromatic heterocycles. The van der Waals surface area contributed by atoms with Crippen molar-refractivity contribution in [3.63, 3.8) is 0 Å². The van der Waals surface area contributed by atoms with E-state index >= 15 is 0 Å². The summed E-state index contributed by atoms with van der Waals surface area (Å²) in [6, 6.07) is -0.644. The Labute approximate surface area is 67.5 Å². The van der Waals surface area contributed by atoms with E-state index in [9.17, 15) is 8.42 Å². The molecule has 6 heteroatoms. The van der Waals surface area contributed by atoms with Crippen LogP contribution in [0.15, 0.2) is 0 Å². The molecule has 0 amide bonds. The average Bonchev–Trinajstić information content (AvgIpc) is 1.95. The maximum atomic E-state index is 10.9. The lowest BCUT2D eigenvalue weighted by molar-refractivity contribution is 0.177. The highest BCUT2D eigenvalue weighted by atomic mass is 79.9. The zero-order valence-corrected chi connectivity index (χ0v) is 7.47. The molecular weight excluding hydrogens is 222 g/mol. The van der Waals surface area contributed by atoms with Crippen LogP contribution in [0.5, 0.6) is 0 Å². The van der Waals surface area contributed by atoms with E-state index in [1.165, 1.54) is 0 Å². The van der Waals surface area contributed by atoms with Crippen LogP contribution in [-0.4, -0.2) is 35.6 Å². The van der Waals surface area contributed by atoms with Crippen LogP contribution in [0.4, 0.5) is 0 Å². The van der Waals surface area contributed by atoms with Crippen molar-refractivity contribution in [3.05, 3.63) is 0 Å². The molecule has 60 valence electrons. The summed E-state index contributed by atoms with van der Waals surface area (Å²) in [5.74, 6) is -0.135. The van der Waals surface area contributed by atoms with Gasteiger partial charge in [0.05, 0.1) is 11.9 Å². The second kappa shape index (κ2) is 2.44. The normalized spacial score (nSPS) is 45.7. The number of halogens is 1. The summed E-state index contributed by atoms with van der Waals surface area (Å²) in [6.07, 6.45) is -0.968. The fraction of sp³-hybridized carbons (Fsp3) is 1.00. The minimum Gasteiger partial charge on any atom is -0.389 e. The molecule has 0 saturated carbocycles. The lowest BCUT2D eigenvalue weighted by atomic mass is 10.2. The van der Waals surface area contributed by atoms with Crippen LogP contribution < -0.4 is 5.73 Å². The van der Waals surface area contributed by atoms with Gasteiger partial charge in [0.25, 0.3) is 0 Å². The number of aliphatic hydroxyl groups is 1. The van der Waals surface area contributed by atoms with Gasteiger partial charge in [-0.2, -0.15) is 0 Å². The van der Waals surface area contributed by atoms with E-state index in [0.717, 1.165) is 0 Å². The van der Waals surface area contributed by atoms with Crippen LogP contribution >= 0.6 is 15.9 Å². The SMILES string of the molecule is N[C@H]1CS(=O)(=O)[C@@H](Br)[C@@H]1O. The highest BCUT2D eigenvalue weighted by molar-refractivity contribution is 9.11. The Balaban J connectivity index is 2.93. The highest BCUT2D eigenvalue weighted by Gasteiger charge is 2.42. The summed E-state index contributed by atoms with van der Waals surface area (Å²) >= 11 is 2.85. The minimum absolute atomic E-state index is 0.135. The lowest BCUT2D eigenvalue weighted by Gasteiger charge is -2.07. The molecule has 3 N–H and O–H groups in total. The Bertz CT molecular complexity index is 227.